The van der Waals surface area contributed by atoms with Crippen LogP contribution in [0.4, 0.5) is 0 Å². The first-order chi connectivity index (χ1) is 9.15. The maximum atomic E-state index is 12.5. The van der Waals surface area contributed by atoms with Crippen LogP contribution >= 0.6 is 15.9 Å². The van der Waals surface area contributed by atoms with E-state index >= 15 is 0 Å². The van der Waals surface area contributed by atoms with Gasteiger partial charge in [0.25, 0.3) is 0 Å². The fourth-order valence-corrected chi connectivity index (χ4v) is 3.41. The van der Waals surface area contributed by atoms with Crippen LogP contribution in [0.1, 0.15) is 24.5 Å². The molecular formula is C15H18BrNO2. The van der Waals surface area contributed by atoms with Crippen LogP contribution in [0.3, 0.4) is 0 Å². The monoisotopic (exact) mass is 323 g/mol. The van der Waals surface area contributed by atoms with Gasteiger partial charge in [0.2, 0.25) is 5.91 Å². The Morgan fingerprint density at radius 2 is 2.26 bits per heavy atom. The van der Waals surface area contributed by atoms with E-state index in [0.29, 0.717) is 0 Å². The van der Waals surface area contributed by atoms with Crippen molar-refractivity contribution in [3.63, 3.8) is 0 Å². The Balaban J connectivity index is 1.75. The molecule has 3 nitrogen and oxygen atoms in total. The summed E-state index contributed by atoms with van der Waals surface area (Å²) in [4.78, 5) is 14.5. The molecule has 2 aliphatic rings. The molecule has 0 spiro atoms. The quantitative estimate of drug-likeness (QED) is 0.795. The van der Waals surface area contributed by atoms with Gasteiger partial charge < -0.3 is 9.64 Å². The molecule has 3 rings (SSSR count). The van der Waals surface area contributed by atoms with E-state index in [-0.39, 0.29) is 17.9 Å². The number of nitrogens with zero attached hydrogens (tertiary/aromatic N) is 1. The molecule has 1 amide bonds. The van der Waals surface area contributed by atoms with Crippen LogP contribution in [0.2, 0.25) is 0 Å². The number of ether oxygens (including phenoxy) is 1. The molecule has 0 unspecified atom stereocenters. The molecule has 2 aliphatic heterocycles. The highest BCUT2D eigenvalue weighted by molar-refractivity contribution is 9.10. The van der Waals surface area contributed by atoms with E-state index in [2.05, 4.69) is 28.1 Å². The molecule has 1 aromatic rings. The van der Waals surface area contributed by atoms with E-state index in [1.54, 1.807) is 0 Å². The fraction of sp³-hybridized carbons (Fsp3) is 0.533. The predicted molar refractivity (Wildman–Crippen MR) is 76.8 cm³/mol. The molecule has 1 fully saturated rings. The molecule has 0 saturated carbocycles. The topological polar surface area (TPSA) is 29.5 Å². The van der Waals surface area contributed by atoms with Crippen molar-refractivity contribution in [1.29, 1.82) is 0 Å². The summed E-state index contributed by atoms with van der Waals surface area (Å²) in [6.07, 6.45) is 1.88. The van der Waals surface area contributed by atoms with Gasteiger partial charge >= 0.3 is 0 Å². The molecule has 0 aromatic heterocycles. The van der Waals surface area contributed by atoms with Crippen molar-refractivity contribution in [3.05, 3.63) is 33.8 Å². The molecule has 2 atom stereocenters. The minimum Gasteiger partial charge on any atom is -0.378 e. The third kappa shape index (κ3) is 2.56. The van der Waals surface area contributed by atoms with E-state index in [9.17, 15) is 4.79 Å². The first-order valence-electron chi connectivity index (χ1n) is 6.83. The lowest BCUT2D eigenvalue weighted by Crippen LogP contribution is -2.41. The SMILES string of the molecule is C[C@@H]1OCC[C@@H]1C(=O)N1CCc2cc(Br)ccc2C1. The largest absolute Gasteiger partial charge is 0.378 e. The van der Waals surface area contributed by atoms with Gasteiger partial charge in [0.1, 0.15) is 0 Å². The average molecular weight is 324 g/mol. The van der Waals surface area contributed by atoms with E-state index in [1.165, 1.54) is 11.1 Å². The zero-order chi connectivity index (χ0) is 13.4. The molecule has 1 aromatic carbocycles. The third-order valence-electron chi connectivity index (χ3n) is 4.19. The number of carbonyl (C=O) groups excluding carboxylic acids is 1. The van der Waals surface area contributed by atoms with Crippen molar-refractivity contribution < 1.29 is 9.53 Å². The molecule has 2 heterocycles. The van der Waals surface area contributed by atoms with Crippen molar-refractivity contribution in [2.45, 2.75) is 32.4 Å². The number of amides is 1. The highest BCUT2D eigenvalue weighted by Gasteiger charge is 2.34. The van der Waals surface area contributed by atoms with Gasteiger partial charge in [-0.3, -0.25) is 4.79 Å². The van der Waals surface area contributed by atoms with Crippen LogP contribution in [0.25, 0.3) is 0 Å². The first kappa shape index (κ1) is 13.1. The summed E-state index contributed by atoms with van der Waals surface area (Å²) in [5.74, 6) is 0.315. The van der Waals surface area contributed by atoms with Crippen LogP contribution in [-0.2, 0) is 22.5 Å². The summed E-state index contributed by atoms with van der Waals surface area (Å²) in [7, 11) is 0. The zero-order valence-corrected chi connectivity index (χ0v) is 12.6. The van der Waals surface area contributed by atoms with Gasteiger partial charge in [-0.15, -0.1) is 0 Å². The molecule has 0 radical (unpaired) electrons. The Bertz CT molecular complexity index is 503. The molecule has 102 valence electrons. The van der Waals surface area contributed by atoms with Gasteiger partial charge in [-0.1, -0.05) is 22.0 Å². The van der Waals surface area contributed by atoms with Crippen molar-refractivity contribution in [3.8, 4) is 0 Å². The van der Waals surface area contributed by atoms with Gasteiger partial charge in [0.15, 0.2) is 0 Å². The number of carbonyl (C=O) groups is 1. The van der Waals surface area contributed by atoms with Crippen LogP contribution in [0.15, 0.2) is 22.7 Å². The maximum Gasteiger partial charge on any atom is 0.228 e. The van der Waals surface area contributed by atoms with Crippen LogP contribution < -0.4 is 0 Å². The van der Waals surface area contributed by atoms with Crippen molar-refractivity contribution >= 4 is 21.8 Å². The second-order valence-electron chi connectivity index (χ2n) is 5.39. The van der Waals surface area contributed by atoms with Crippen LogP contribution in [0.5, 0.6) is 0 Å². The minimum absolute atomic E-state index is 0.0528. The second kappa shape index (κ2) is 5.25. The maximum absolute atomic E-state index is 12.5. The minimum atomic E-state index is 0.0528. The molecule has 1 saturated heterocycles. The molecule has 0 N–H and O–H groups in total. The van der Waals surface area contributed by atoms with Crippen molar-refractivity contribution in [1.82, 2.24) is 4.90 Å². The molecule has 0 aliphatic carbocycles. The molecule has 4 heteroatoms. The van der Waals surface area contributed by atoms with Crippen LogP contribution in [0, 0.1) is 5.92 Å². The van der Waals surface area contributed by atoms with E-state index < -0.39 is 0 Å². The number of hydrogen-bond donors (Lipinski definition) is 0. The normalized spacial score (nSPS) is 26.3. The highest BCUT2D eigenvalue weighted by atomic mass is 79.9. The summed E-state index contributed by atoms with van der Waals surface area (Å²) in [5, 5.41) is 0. The summed E-state index contributed by atoms with van der Waals surface area (Å²) in [6, 6.07) is 6.33. The Morgan fingerprint density at radius 3 is 3.00 bits per heavy atom. The number of benzene rings is 1. The van der Waals surface area contributed by atoms with Gasteiger partial charge in [-0.05, 0) is 43.0 Å². The summed E-state index contributed by atoms with van der Waals surface area (Å²) in [5.41, 5.74) is 2.63. The van der Waals surface area contributed by atoms with Crippen molar-refractivity contribution in [2.75, 3.05) is 13.2 Å². The molecular weight excluding hydrogens is 306 g/mol. The standard InChI is InChI=1S/C15H18BrNO2/c1-10-14(5-7-19-10)15(18)17-6-4-11-8-13(16)3-2-12(11)9-17/h2-3,8,10,14H,4-7,9H2,1H3/t10-,14-/m0/s1. The predicted octanol–water partition coefficient (Wildman–Crippen LogP) is 2.76. The zero-order valence-electron chi connectivity index (χ0n) is 11.1. The Kier molecular flexibility index (Phi) is 3.63. The van der Waals surface area contributed by atoms with Crippen molar-refractivity contribution in [2.24, 2.45) is 5.92 Å². The first-order valence-corrected chi connectivity index (χ1v) is 7.62. The van der Waals surface area contributed by atoms with E-state index in [1.807, 2.05) is 17.9 Å². The Morgan fingerprint density at radius 1 is 1.42 bits per heavy atom. The third-order valence-corrected chi connectivity index (χ3v) is 4.68. The number of fused-ring (bicyclic) bond motifs is 1. The van der Waals surface area contributed by atoms with E-state index in [0.717, 1.165) is 37.0 Å². The Hall–Kier alpha value is -0.870. The molecule has 0 bridgehead atoms. The lowest BCUT2D eigenvalue weighted by atomic mass is 9.96. The summed E-state index contributed by atoms with van der Waals surface area (Å²) in [6.45, 7) is 4.29. The summed E-state index contributed by atoms with van der Waals surface area (Å²) < 4.78 is 6.62. The van der Waals surface area contributed by atoms with Gasteiger partial charge in [0, 0.05) is 24.2 Å². The van der Waals surface area contributed by atoms with Gasteiger partial charge in [-0.25, -0.2) is 0 Å². The lowest BCUT2D eigenvalue weighted by Gasteiger charge is -2.31. The molecule has 19 heavy (non-hydrogen) atoms. The second-order valence-corrected chi connectivity index (χ2v) is 6.31. The fourth-order valence-electron chi connectivity index (χ4n) is 3.00. The average Bonchev–Trinajstić information content (AvgIpc) is 2.83. The van der Waals surface area contributed by atoms with Crippen LogP contribution in [-0.4, -0.2) is 30.1 Å². The lowest BCUT2D eigenvalue weighted by molar-refractivity contribution is -0.137. The Labute approximate surface area is 122 Å². The summed E-state index contributed by atoms with van der Waals surface area (Å²) >= 11 is 3.50. The highest BCUT2D eigenvalue weighted by Crippen LogP contribution is 2.27. The smallest absolute Gasteiger partial charge is 0.228 e. The van der Waals surface area contributed by atoms with E-state index in [4.69, 9.17) is 4.74 Å². The van der Waals surface area contributed by atoms with Gasteiger partial charge in [0.05, 0.1) is 12.0 Å². The number of halogens is 1. The van der Waals surface area contributed by atoms with Gasteiger partial charge in [-0.2, -0.15) is 0 Å². The number of hydrogen-bond acceptors (Lipinski definition) is 2. The number of rotatable bonds is 1.